The fourth-order valence-corrected chi connectivity index (χ4v) is 1.89. The van der Waals surface area contributed by atoms with E-state index in [1.807, 2.05) is 7.05 Å². The maximum atomic E-state index is 4.12. The molecule has 0 aliphatic carbocycles. The van der Waals surface area contributed by atoms with Crippen LogP contribution in [0.3, 0.4) is 0 Å². The summed E-state index contributed by atoms with van der Waals surface area (Å²) in [6.07, 6.45) is 5.50. The third kappa shape index (κ3) is 6.60. The van der Waals surface area contributed by atoms with Gasteiger partial charge in [0.25, 0.3) is 0 Å². The molecule has 0 atom stereocenters. The SMILES string of the molecule is C[N-]CCCC1CCN(C)CC1.[K+]. The minimum Gasteiger partial charge on any atom is -0.665 e. The predicted molar refractivity (Wildman–Crippen MR) is 53.6 cm³/mol. The molecule has 1 fully saturated rings. The Morgan fingerprint density at radius 3 is 2.46 bits per heavy atom. The van der Waals surface area contributed by atoms with E-state index >= 15 is 0 Å². The van der Waals surface area contributed by atoms with Crippen LogP contribution in [0.1, 0.15) is 25.7 Å². The van der Waals surface area contributed by atoms with E-state index in [-0.39, 0.29) is 51.4 Å². The van der Waals surface area contributed by atoms with Crippen LogP contribution >= 0.6 is 0 Å². The second-order valence-electron chi connectivity index (χ2n) is 3.93. The van der Waals surface area contributed by atoms with Crippen molar-refractivity contribution in [2.75, 3.05) is 33.7 Å². The van der Waals surface area contributed by atoms with Crippen LogP contribution in [0.2, 0.25) is 0 Å². The van der Waals surface area contributed by atoms with Gasteiger partial charge in [-0.15, -0.1) is 6.54 Å². The van der Waals surface area contributed by atoms with Crippen molar-refractivity contribution in [1.82, 2.24) is 4.90 Å². The van der Waals surface area contributed by atoms with Gasteiger partial charge in [-0.1, -0.05) is 12.8 Å². The Hall–Kier alpha value is 1.56. The summed E-state index contributed by atoms with van der Waals surface area (Å²) in [6.45, 7) is 3.66. The molecule has 0 aromatic rings. The first-order valence-corrected chi connectivity index (χ1v) is 5.07. The molecule has 1 rings (SSSR count). The maximum absolute atomic E-state index is 4.12. The smallest absolute Gasteiger partial charge is 0.665 e. The number of piperidine rings is 1. The molecule has 0 bridgehead atoms. The standard InChI is InChI=1S/C10H21N2.K/c1-11-7-3-4-10-5-8-12(2)9-6-10;/h10H,3-9H2,1-2H3;/q-1;+1. The minimum absolute atomic E-state index is 0. The van der Waals surface area contributed by atoms with Crippen molar-refractivity contribution in [2.45, 2.75) is 25.7 Å². The van der Waals surface area contributed by atoms with Gasteiger partial charge in [0, 0.05) is 0 Å². The third-order valence-electron chi connectivity index (χ3n) is 2.83. The van der Waals surface area contributed by atoms with Gasteiger partial charge < -0.3 is 10.2 Å². The third-order valence-corrected chi connectivity index (χ3v) is 2.83. The summed E-state index contributed by atoms with van der Waals surface area (Å²) < 4.78 is 0. The molecule has 1 aliphatic rings. The Morgan fingerprint density at radius 1 is 1.31 bits per heavy atom. The maximum Gasteiger partial charge on any atom is 1.00 e. The zero-order valence-electron chi connectivity index (χ0n) is 9.42. The van der Waals surface area contributed by atoms with E-state index < -0.39 is 0 Å². The molecule has 0 aromatic heterocycles. The number of nitrogens with zero attached hydrogens (tertiary/aromatic N) is 2. The first-order valence-electron chi connectivity index (χ1n) is 5.07. The molecule has 2 nitrogen and oxygen atoms in total. The zero-order valence-corrected chi connectivity index (χ0v) is 12.5. The molecule has 3 heteroatoms. The monoisotopic (exact) mass is 208 g/mol. The molecule has 1 aliphatic heterocycles. The molecule has 0 spiro atoms. The van der Waals surface area contributed by atoms with Gasteiger partial charge in [0.1, 0.15) is 0 Å². The summed E-state index contributed by atoms with van der Waals surface area (Å²) in [7, 11) is 4.13. The molecular weight excluding hydrogens is 187 g/mol. The van der Waals surface area contributed by atoms with Crippen molar-refractivity contribution in [2.24, 2.45) is 5.92 Å². The summed E-state index contributed by atoms with van der Waals surface area (Å²) in [5.74, 6) is 0.989. The van der Waals surface area contributed by atoms with Crippen molar-refractivity contribution < 1.29 is 51.4 Å². The Morgan fingerprint density at radius 2 is 1.92 bits per heavy atom. The van der Waals surface area contributed by atoms with E-state index in [9.17, 15) is 0 Å². The van der Waals surface area contributed by atoms with Gasteiger partial charge in [-0.05, 0) is 38.9 Å². The van der Waals surface area contributed by atoms with Crippen molar-refractivity contribution >= 4 is 0 Å². The van der Waals surface area contributed by atoms with Crippen molar-refractivity contribution in [3.8, 4) is 0 Å². The van der Waals surface area contributed by atoms with Gasteiger partial charge >= 0.3 is 51.4 Å². The molecule has 72 valence electrons. The minimum atomic E-state index is 0. The zero-order chi connectivity index (χ0) is 8.81. The summed E-state index contributed by atoms with van der Waals surface area (Å²) >= 11 is 0. The molecule has 0 unspecified atom stereocenters. The second-order valence-corrected chi connectivity index (χ2v) is 3.93. The van der Waals surface area contributed by atoms with E-state index in [0.29, 0.717) is 0 Å². The number of rotatable bonds is 4. The first-order chi connectivity index (χ1) is 5.83. The van der Waals surface area contributed by atoms with Gasteiger partial charge in [0.2, 0.25) is 0 Å². The summed E-state index contributed by atoms with van der Waals surface area (Å²) in [4.78, 5) is 2.43. The fourth-order valence-electron chi connectivity index (χ4n) is 1.89. The van der Waals surface area contributed by atoms with Crippen LogP contribution in [0.25, 0.3) is 5.32 Å². The van der Waals surface area contributed by atoms with Crippen molar-refractivity contribution in [1.29, 1.82) is 0 Å². The van der Waals surface area contributed by atoms with E-state index in [4.69, 9.17) is 0 Å². The van der Waals surface area contributed by atoms with Gasteiger partial charge in [0.15, 0.2) is 0 Å². The van der Waals surface area contributed by atoms with Crippen molar-refractivity contribution in [3.63, 3.8) is 0 Å². The summed E-state index contributed by atoms with van der Waals surface area (Å²) in [6, 6.07) is 0. The molecular formula is C10H21KN2. The number of hydrogen-bond donors (Lipinski definition) is 0. The Labute approximate surface area is 125 Å². The first kappa shape index (κ1) is 14.6. The predicted octanol–water partition coefficient (Wildman–Crippen LogP) is -0.884. The van der Waals surface area contributed by atoms with E-state index in [1.54, 1.807) is 0 Å². The van der Waals surface area contributed by atoms with Gasteiger partial charge in [0.05, 0.1) is 0 Å². The van der Waals surface area contributed by atoms with Gasteiger partial charge in [-0.25, -0.2) is 0 Å². The van der Waals surface area contributed by atoms with E-state index in [2.05, 4.69) is 17.3 Å². The van der Waals surface area contributed by atoms with Crippen LogP contribution in [-0.4, -0.2) is 38.6 Å². The largest absolute Gasteiger partial charge is 1.00 e. The Bertz CT molecular complexity index is 111. The molecule has 0 saturated carbocycles. The summed E-state index contributed by atoms with van der Waals surface area (Å²) in [5.41, 5.74) is 0. The molecule has 13 heavy (non-hydrogen) atoms. The average Bonchev–Trinajstić information content (AvgIpc) is 2.09. The van der Waals surface area contributed by atoms with Crippen LogP contribution < -0.4 is 51.4 Å². The average molecular weight is 208 g/mol. The van der Waals surface area contributed by atoms with E-state index in [0.717, 1.165) is 12.5 Å². The van der Waals surface area contributed by atoms with Crippen LogP contribution in [-0.2, 0) is 0 Å². The van der Waals surface area contributed by atoms with Gasteiger partial charge in [-0.2, -0.15) is 7.05 Å². The van der Waals surface area contributed by atoms with Crippen molar-refractivity contribution in [3.05, 3.63) is 5.32 Å². The molecule has 0 radical (unpaired) electrons. The van der Waals surface area contributed by atoms with Crippen LogP contribution in [0.4, 0.5) is 0 Å². The topological polar surface area (TPSA) is 17.3 Å². The normalized spacial score (nSPS) is 19.8. The Balaban J connectivity index is 0.00000144. The molecule has 1 saturated heterocycles. The number of hydrogen-bond acceptors (Lipinski definition) is 1. The quantitative estimate of drug-likeness (QED) is 0.433. The van der Waals surface area contributed by atoms with Crippen LogP contribution in [0.5, 0.6) is 0 Å². The Kier molecular flexibility index (Phi) is 9.89. The van der Waals surface area contributed by atoms with E-state index in [1.165, 1.54) is 38.8 Å². The molecule has 1 heterocycles. The second kappa shape index (κ2) is 8.83. The van der Waals surface area contributed by atoms with Gasteiger partial charge in [-0.3, -0.25) is 0 Å². The fraction of sp³-hybridized carbons (Fsp3) is 1.00. The molecule has 0 amide bonds. The van der Waals surface area contributed by atoms with Crippen LogP contribution in [0, 0.1) is 5.92 Å². The summed E-state index contributed by atoms with van der Waals surface area (Å²) in [5, 5.41) is 4.12. The molecule has 0 aromatic carbocycles. The molecule has 0 N–H and O–H groups in total. The number of likely N-dealkylation sites (tertiary alicyclic amines) is 1. The van der Waals surface area contributed by atoms with Crippen LogP contribution in [0.15, 0.2) is 0 Å².